The van der Waals surface area contributed by atoms with Gasteiger partial charge < -0.3 is 4.90 Å². The molecule has 2 aromatic heterocycles. The summed E-state index contributed by atoms with van der Waals surface area (Å²) in [5.41, 5.74) is 2.83. The number of carbonyl (C=O) groups excluding carboxylic acids is 1. The maximum Gasteiger partial charge on any atom is 0.227 e. The Morgan fingerprint density at radius 2 is 2.00 bits per heavy atom. The number of carbonyl (C=O) groups is 1. The van der Waals surface area contributed by atoms with Gasteiger partial charge in [-0.25, -0.2) is 4.98 Å². The molecule has 0 saturated carbocycles. The van der Waals surface area contributed by atoms with E-state index in [0.717, 1.165) is 22.0 Å². The Morgan fingerprint density at radius 3 is 2.74 bits per heavy atom. The Kier molecular flexibility index (Phi) is 4.78. The van der Waals surface area contributed by atoms with Gasteiger partial charge in [0, 0.05) is 48.9 Å². The molecule has 1 aromatic carbocycles. The lowest BCUT2D eigenvalue weighted by molar-refractivity contribution is -0.118. The van der Waals surface area contributed by atoms with Gasteiger partial charge >= 0.3 is 0 Å². The van der Waals surface area contributed by atoms with Gasteiger partial charge in [-0.2, -0.15) is 0 Å². The van der Waals surface area contributed by atoms with Crippen LogP contribution in [0, 0.1) is 0 Å². The fourth-order valence-corrected chi connectivity index (χ4v) is 3.06. The first-order chi connectivity index (χ1) is 11.2. The van der Waals surface area contributed by atoms with Crippen LogP contribution in [0.2, 0.25) is 0 Å². The molecule has 2 heterocycles. The SMILES string of the molecule is CN(C(=O)CCc1nc(-c2cccnc2)cs1)c1ccccc1. The normalized spacial score (nSPS) is 10.5. The minimum Gasteiger partial charge on any atom is -0.315 e. The van der Waals surface area contributed by atoms with E-state index in [1.807, 2.05) is 47.8 Å². The Bertz CT molecular complexity index is 771. The predicted molar refractivity (Wildman–Crippen MR) is 93.5 cm³/mol. The third kappa shape index (κ3) is 3.81. The highest BCUT2D eigenvalue weighted by Crippen LogP contribution is 2.22. The van der Waals surface area contributed by atoms with Crippen LogP contribution < -0.4 is 4.90 Å². The van der Waals surface area contributed by atoms with Crippen LogP contribution in [-0.2, 0) is 11.2 Å². The molecule has 0 aliphatic rings. The van der Waals surface area contributed by atoms with Crippen LogP contribution in [0.3, 0.4) is 0 Å². The van der Waals surface area contributed by atoms with Crippen molar-refractivity contribution in [1.82, 2.24) is 9.97 Å². The molecule has 3 rings (SSSR count). The molecule has 0 spiro atoms. The molecule has 0 saturated heterocycles. The summed E-state index contributed by atoms with van der Waals surface area (Å²) in [7, 11) is 1.81. The van der Waals surface area contributed by atoms with Gasteiger partial charge in [-0.3, -0.25) is 9.78 Å². The van der Waals surface area contributed by atoms with Crippen LogP contribution in [0.15, 0.2) is 60.2 Å². The first-order valence-electron chi connectivity index (χ1n) is 7.40. The van der Waals surface area contributed by atoms with Gasteiger partial charge in [0.15, 0.2) is 0 Å². The van der Waals surface area contributed by atoms with Crippen molar-refractivity contribution in [2.24, 2.45) is 0 Å². The number of pyridine rings is 1. The van der Waals surface area contributed by atoms with Crippen LogP contribution in [0.4, 0.5) is 5.69 Å². The summed E-state index contributed by atoms with van der Waals surface area (Å²) < 4.78 is 0. The fraction of sp³-hybridized carbons (Fsp3) is 0.167. The maximum absolute atomic E-state index is 12.3. The van der Waals surface area contributed by atoms with Crippen molar-refractivity contribution in [2.75, 3.05) is 11.9 Å². The molecule has 3 aromatic rings. The lowest BCUT2D eigenvalue weighted by Crippen LogP contribution is -2.26. The van der Waals surface area contributed by atoms with E-state index in [9.17, 15) is 4.79 Å². The number of amides is 1. The summed E-state index contributed by atoms with van der Waals surface area (Å²) in [6.07, 6.45) is 4.65. The van der Waals surface area contributed by atoms with Crippen molar-refractivity contribution in [2.45, 2.75) is 12.8 Å². The summed E-state index contributed by atoms with van der Waals surface area (Å²) >= 11 is 1.58. The number of hydrogen-bond acceptors (Lipinski definition) is 4. The van der Waals surface area contributed by atoms with Crippen molar-refractivity contribution < 1.29 is 4.79 Å². The topological polar surface area (TPSA) is 46.1 Å². The summed E-state index contributed by atoms with van der Waals surface area (Å²) in [4.78, 5) is 22.7. The van der Waals surface area contributed by atoms with Crippen LogP contribution in [-0.4, -0.2) is 22.9 Å². The number of aryl methyl sites for hydroxylation is 1. The van der Waals surface area contributed by atoms with Gasteiger partial charge in [0.25, 0.3) is 0 Å². The van der Waals surface area contributed by atoms with Gasteiger partial charge in [-0.1, -0.05) is 18.2 Å². The number of nitrogens with zero attached hydrogens (tertiary/aromatic N) is 3. The molecule has 0 bridgehead atoms. The Morgan fingerprint density at radius 1 is 1.17 bits per heavy atom. The first-order valence-corrected chi connectivity index (χ1v) is 8.28. The smallest absolute Gasteiger partial charge is 0.227 e. The Balaban J connectivity index is 1.61. The van der Waals surface area contributed by atoms with E-state index < -0.39 is 0 Å². The van der Waals surface area contributed by atoms with Crippen LogP contribution in [0.25, 0.3) is 11.3 Å². The second-order valence-electron chi connectivity index (χ2n) is 5.16. The molecular formula is C18H17N3OS. The molecular weight excluding hydrogens is 306 g/mol. The highest BCUT2D eigenvalue weighted by molar-refractivity contribution is 7.09. The minimum absolute atomic E-state index is 0.0920. The highest BCUT2D eigenvalue weighted by Gasteiger charge is 2.12. The average Bonchev–Trinajstić information content (AvgIpc) is 3.09. The average molecular weight is 323 g/mol. The number of anilines is 1. The van der Waals surface area contributed by atoms with Gasteiger partial charge in [-0.05, 0) is 24.3 Å². The third-order valence-corrected chi connectivity index (χ3v) is 4.49. The molecule has 0 N–H and O–H groups in total. The van der Waals surface area contributed by atoms with Gasteiger partial charge in [0.2, 0.25) is 5.91 Å². The van der Waals surface area contributed by atoms with Crippen molar-refractivity contribution in [3.63, 3.8) is 0 Å². The van der Waals surface area contributed by atoms with E-state index in [0.29, 0.717) is 12.8 Å². The molecule has 0 fully saturated rings. The van der Waals surface area contributed by atoms with Crippen molar-refractivity contribution in [1.29, 1.82) is 0 Å². The zero-order valence-corrected chi connectivity index (χ0v) is 13.7. The largest absolute Gasteiger partial charge is 0.315 e. The summed E-state index contributed by atoms with van der Waals surface area (Å²) in [6, 6.07) is 13.5. The zero-order chi connectivity index (χ0) is 16.1. The Labute approximate surface area is 139 Å². The van der Waals surface area contributed by atoms with Crippen LogP contribution >= 0.6 is 11.3 Å². The number of rotatable bonds is 5. The van der Waals surface area contributed by atoms with Crippen LogP contribution in [0.1, 0.15) is 11.4 Å². The number of hydrogen-bond donors (Lipinski definition) is 0. The van der Waals surface area contributed by atoms with E-state index in [1.165, 1.54) is 0 Å². The second-order valence-corrected chi connectivity index (χ2v) is 6.10. The fourth-order valence-electron chi connectivity index (χ4n) is 2.25. The van der Waals surface area contributed by atoms with Crippen molar-refractivity contribution >= 4 is 22.9 Å². The monoisotopic (exact) mass is 323 g/mol. The molecule has 4 nitrogen and oxygen atoms in total. The molecule has 116 valence electrons. The van der Waals surface area contributed by atoms with Gasteiger partial charge in [0.1, 0.15) is 0 Å². The molecule has 5 heteroatoms. The third-order valence-electron chi connectivity index (χ3n) is 3.58. The molecule has 0 atom stereocenters. The summed E-state index contributed by atoms with van der Waals surface area (Å²) in [6.45, 7) is 0. The quantitative estimate of drug-likeness (QED) is 0.717. The first kappa shape index (κ1) is 15.4. The van der Waals surface area contributed by atoms with Crippen molar-refractivity contribution in [3.05, 3.63) is 65.2 Å². The molecule has 0 unspecified atom stereocenters. The number of thiazole rings is 1. The minimum atomic E-state index is 0.0920. The van der Waals surface area contributed by atoms with E-state index >= 15 is 0 Å². The maximum atomic E-state index is 12.3. The Hall–Kier alpha value is -2.53. The second kappa shape index (κ2) is 7.15. The highest BCUT2D eigenvalue weighted by atomic mass is 32.1. The number of aromatic nitrogens is 2. The molecule has 0 radical (unpaired) electrons. The van der Waals surface area contributed by atoms with Crippen molar-refractivity contribution in [3.8, 4) is 11.3 Å². The van der Waals surface area contributed by atoms with E-state index in [1.54, 1.807) is 35.7 Å². The lowest BCUT2D eigenvalue weighted by Gasteiger charge is -2.16. The van der Waals surface area contributed by atoms with E-state index in [4.69, 9.17) is 0 Å². The molecule has 23 heavy (non-hydrogen) atoms. The van der Waals surface area contributed by atoms with Gasteiger partial charge in [-0.15, -0.1) is 11.3 Å². The molecule has 0 aliphatic heterocycles. The molecule has 1 amide bonds. The lowest BCUT2D eigenvalue weighted by atomic mass is 10.2. The standard InChI is InChI=1S/C18H17N3OS/c1-21(15-7-3-2-4-8-15)18(22)10-9-17-20-16(13-23-17)14-6-5-11-19-12-14/h2-8,11-13H,9-10H2,1H3. The van der Waals surface area contributed by atoms with E-state index in [-0.39, 0.29) is 5.91 Å². The molecule has 0 aliphatic carbocycles. The zero-order valence-electron chi connectivity index (χ0n) is 12.8. The number of benzene rings is 1. The van der Waals surface area contributed by atoms with Crippen LogP contribution in [0.5, 0.6) is 0 Å². The number of para-hydroxylation sites is 1. The van der Waals surface area contributed by atoms with E-state index in [2.05, 4.69) is 9.97 Å². The predicted octanol–water partition coefficient (Wildman–Crippen LogP) is 3.80. The van der Waals surface area contributed by atoms with Gasteiger partial charge in [0.05, 0.1) is 10.7 Å². The summed E-state index contributed by atoms with van der Waals surface area (Å²) in [5, 5.41) is 2.98. The summed E-state index contributed by atoms with van der Waals surface area (Å²) in [5.74, 6) is 0.0920.